The molecule has 1 aromatic rings. The van der Waals surface area contributed by atoms with Crippen molar-refractivity contribution in [3.05, 3.63) is 35.9 Å². The van der Waals surface area contributed by atoms with Crippen molar-refractivity contribution in [2.75, 3.05) is 20.3 Å². The summed E-state index contributed by atoms with van der Waals surface area (Å²) in [6.45, 7) is 8.87. The van der Waals surface area contributed by atoms with Crippen LogP contribution in [0.5, 0.6) is 0 Å². The van der Waals surface area contributed by atoms with Crippen molar-refractivity contribution in [1.82, 2.24) is 5.32 Å². The smallest absolute Gasteiger partial charge is 0.0462 e. The monoisotopic (exact) mass is 263 g/mol. The van der Waals surface area contributed by atoms with Gasteiger partial charge in [-0.25, -0.2) is 0 Å². The summed E-state index contributed by atoms with van der Waals surface area (Å²) < 4.78 is 5.06. The molecule has 1 atom stereocenters. The predicted molar refractivity (Wildman–Crippen MR) is 82.7 cm³/mol. The molecule has 1 N–H and O–H groups in total. The number of benzene rings is 1. The topological polar surface area (TPSA) is 21.3 Å². The van der Waals surface area contributed by atoms with Gasteiger partial charge < -0.3 is 10.1 Å². The Balaban J connectivity index is 2.32. The highest BCUT2D eigenvalue weighted by molar-refractivity contribution is 5.23. The van der Waals surface area contributed by atoms with Gasteiger partial charge in [-0.1, -0.05) is 44.2 Å². The molecule has 1 aromatic carbocycles. The summed E-state index contributed by atoms with van der Waals surface area (Å²) in [6.07, 6.45) is 3.48. The second kappa shape index (κ2) is 8.34. The van der Waals surface area contributed by atoms with Crippen LogP contribution in [0, 0.1) is 0 Å². The molecule has 0 aliphatic rings. The van der Waals surface area contributed by atoms with E-state index in [0.29, 0.717) is 6.04 Å². The molecule has 0 spiro atoms. The molecule has 19 heavy (non-hydrogen) atoms. The Morgan fingerprint density at radius 2 is 1.84 bits per heavy atom. The van der Waals surface area contributed by atoms with Crippen LogP contribution in [0.2, 0.25) is 0 Å². The molecule has 0 fully saturated rings. The van der Waals surface area contributed by atoms with E-state index in [2.05, 4.69) is 56.4 Å². The fraction of sp³-hybridized carbons (Fsp3) is 0.647. The number of methoxy groups -OCH3 is 1. The van der Waals surface area contributed by atoms with Crippen LogP contribution in [-0.4, -0.2) is 26.3 Å². The summed E-state index contributed by atoms with van der Waals surface area (Å²) in [6, 6.07) is 11.3. The molecule has 0 bridgehead atoms. The van der Waals surface area contributed by atoms with Crippen LogP contribution < -0.4 is 5.32 Å². The number of hydrogen-bond donors (Lipinski definition) is 1. The molecule has 0 radical (unpaired) electrons. The Labute approximate surface area is 118 Å². The molecule has 2 nitrogen and oxygen atoms in total. The lowest BCUT2D eigenvalue weighted by molar-refractivity contribution is 0.192. The Morgan fingerprint density at radius 1 is 1.16 bits per heavy atom. The molecule has 0 saturated heterocycles. The summed E-state index contributed by atoms with van der Waals surface area (Å²) in [7, 11) is 1.76. The standard InChI is InChI=1S/C17H29NO/c1-15(18-12-8-9-13-19-4)14-17(2,3)16-10-6-5-7-11-16/h5-7,10-11,15,18H,8-9,12-14H2,1-4H3. The minimum Gasteiger partial charge on any atom is -0.385 e. The van der Waals surface area contributed by atoms with Gasteiger partial charge in [0.2, 0.25) is 0 Å². The molecular formula is C17H29NO. The highest BCUT2D eigenvalue weighted by Crippen LogP contribution is 2.27. The zero-order valence-corrected chi connectivity index (χ0v) is 12.9. The van der Waals surface area contributed by atoms with Crippen LogP contribution in [0.25, 0.3) is 0 Å². The Bertz CT molecular complexity index is 334. The molecule has 0 aliphatic heterocycles. The van der Waals surface area contributed by atoms with Crippen molar-refractivity contribution in [2.45, 2.75) is 51.5 Å². The largest absolute Gasteiger partial charge is 0.385 e. The number of ether oxygens (including phenoxy) is 1. The first kappa shape index (κ1) is 16.2. The highest BCUT2D eigenvalue weighted by atomic mass is 16.5. The zero-order chi connectivity index (χ0) is 14.1. The van der Waals surface area contributed by atoms with Crippen molar-refractivity contribution in [3.63, 3.8) is 0 Å². The first-order valence-electron chi connectivity index (χ1n) is 7.34. The number of rotatable bonds is 9. The first-order valence-corrected chi connectivity index (χ1v) is 7.34. The summed E-state index contributed by atoms with van der Waals surface area (Å²) in [5.74, 6) is 0. The third-order valence-corrected chi connectivity index (χ3v) is 3.64. The lowest BCUT2D eigenvalue weighted by Gasteiger charge is -2.29. The molecular weight excluding hydrogens is 234 g/mol. The van der Waals surface area contributed by atoms with E-state index in [4.69, 9.17) is 4.74 Å². The van der Waals surface area contributed by atoms with E-state index in [-0.39, 0.29) is 5.41 Å². The van der Waals surface area contributed by atoms with E-state index in [1.807, 2.05) is 0 Å². The molecule has 1 rings (SSSR count). The van der Waals surface area contributed by atoms with Gasteiger partial charge in [0.05, 0.1) is 0 Å². The van der Waals surface area contributed by atoms with E-state index in [9.17, 15) is 0 Å². The van der Waals surface area contributed by atoms with Crippen LogP contribution in [0.4, 0.5) is 0 Å². The quantitative estimate of drug-likeness (QED) is 0.685. The first-order chi connectivity index (χ1) is 9.06. The van der Waals surface area contributed by atoms with Crippen molar-refractivity contribution in [3.8, 4) is 0 Å². The van der Waals surface area contributed by atoms with Gasteiger partial charge in [0, 0.05) is 19.8 Å². The van der Waals surface area contributed by atoms with Gasteiger partial charge in [0.1, 0.15) is 0 Å². The zero-order valence-electron chi connectivity index (χ0n) is 12.9. The second-order valence-corrected chi connectivity index (χ2v) is 6.01. The minimum atomic E-state index is 0.222. The van der Waals surface area contributed by atoms with Crippen molar-refractivity contribution >= 4 is 0 Å². The summed E-state index contributed by atoms with van der Waals surface area (Å²) >= 11 is 0. The second-order valence-electron chi connectivity index (χ2n) is 6.01. The summed E-state index contributed by atoms with van der Waals surface area (Å²) in [5.41, 5.74) is 1.64. The van der Waals surface area contributed by atoms with Crippen LogP contribution >= 0.6 is 0 Å². The predicted octanol–water partition coefficient (Wildman–Crippen LogP) is 3.76. The van der Waals surface area contributed by atoms with Gasteiger partial charge in [-0.05, 0) is 43.7 Å². The number of nitrogens with one attached hydrogen (secondary N) is 1. The Morgan fingerprint density at radius 3 is 2.47 bits per heavy atom. The maximum Gasteiger partial charge on any atom is 0.0462 e. The van der Waals surface area contributed by atoms with Gasteiger partial charge in [0.25, 0.3) is 0 Å². The lowest BCUT2D eigenvalue weighted by Crippen LogP contribution is -2.33. The van der Waals surface area contributed by atoms with Gasteiger partial charge in [-0.2, -0.15) is 0 Å². The Hall–Kier alpha value is -0.860. The van der Waals surface area contributed by atoms with Gasteiger partial charge in [-0.15, -0.1) is 0 Å². The normalized spacial score (nSPS) is 13.5. The van der Waals surface area contributed by atoms with E-state index >= 15 is 0 Å². The average Bonchev–Trinajstić information content (AvgIpc) is 2.39. The molecule has 1 unspecified atom stereocenters. The van der Waals surface area contributed by atoms with Crippen molar-refractivity contribution in [1.29, 1.82) is 0 Å². The average molecular weight is 263 g/mol. The molecule has 0 heterocycles. The van der Waals surface area contributed by atoms with E-state index in [1.54, 1.807) is 7.11 Å². The van der Waals surface area contributed by atoms with Gasteiger partial charge in [-0.3, -0.25) is 0 Å². The van der Waals surface area contributed by atoms with Crippen LogP contribution in [0.1, 0.15) is 45.6 Å². The summed E-state index contributed by atoms with van der Waals surface area (Å²) in [4.78, 5) is 0. The fourth-order valence-corrected chi connectivity index (χ4v) is 2.56. The summed E-state index contributed by atoms with van der Waals surface area (Å²) in [5, 5.41) is 3.61. The van der Waals surface area contributed by atoms with Crippen LogP contribution in [0.3, 0.4) is 0 Å². The fourth-order valence-electron chi connectivity index (χ4n) is 2.56. The molecule has 108 valence electrons. The maximum absolute atomic E-state index is 5.06. The maximum atomic E-state index is 5.06. The Kier molecular flexibility index (Phi) is 7.11. The van der Waals surface area contributed by atoms with E-state index in [1.165, 1.54) is 12.0 Å². The van der Waals surface area contributed by atoms with Crippen LogP contribution in [0.15, 0.2) is 30.3 Å². The lowest BCUT2D eigenvalue weighted by atomic mass is 9.79. The highest BCUT2D eigenvalue weighted by Gasteiger charge is 2.22. The molecule has 0 saturated carbocycles. The van der Waals surface area contributed by atoms with Gasteiger partial charge in [0.15, 0.2) is 0 Å². The number of hydrogen-bond acceptors (Lipinski definition) is 2. The SMILES string of the molecule is COCCCCNC(C)CC(C)(C)c1ccccc1. The van der Waals surface area contributed by atoms with Crippen molar-refractivity contribution in [2.24, 2.45) is 0 Å². The van der Waals surface area contributed by atoms with E-state index < -0.39 is 0 Å². The third-order valence-electron chi connectivity index (χ3n) is 3.64. The minimum absolute atomic E-state index is 0.222. The molecule has 0 amide bonds. The van der Waals surface area contributed by atoms with Crippen LogP contribution in [-0.2, 0) is 10.2 Å². The van der Waals surface area contributed by atoms with Gasteiger partial charge >= 0.3 is 0 Å². The van der Waals surface area contributed by atoms with E-state index in [0.717, 1.165) is 26.0 Å². The molecule has 2 heteroatoms. The van der Waals surface area contributed by atoms with Crippen molar-refractivity contribution < 1.29 is 4.74 Å². The molecule has 0 aromatic heterocycles. The third kappa shape index (κ3) is 6.22. The molecule has 0 aliphatic carbocycles. The number of unbranched alkanes of at least 4 members (excludes halogenated alkanes) is 1.